The zero-order valence-electron chi connectivity index (χ0n) is 20.9. The van der Waals surface area contributed by atoms with E-state index in [0.29, 0.717) is 24.2 Å². The van der Waals surface area contributed by atoms with Crippen molar-refractivity contribution in [3.63, 3.8) is 0 Å². The Bertz CT molecular complexity index is 900. The fourth-order valence-electron chi connectivity index (χ4n) is 3.29. The van der Waals surface area contributed by atoms with Crippen LogP contribution in [0.5, 0.6) is 0 Å². The van der Waals surface area contributed by atoms with Gasteiger partial charge < -0.3 is 32.5 Å². The Hall–Kier alpha value is -3.12. The number of carboxylic acid groups (broad SMARTS) is 1. The molecule has 0 bridgehead atoms. The third-order valence-corrected chi connectivity index (χ3v) is 6.38. The van der Waals surface area contributed by atoms with Crippen LogP contribution in [0.3, 0.4) is 0 Å². The Labute approximate surface area is 215 Å². The minimum atomic E-state index is -1.55. The van der Waals surface area contributed by atoms with Crippen LogP contribution in [0.15, 0.2) is 30.3 Å². The summed E-state index contributed by atoms with van der Waals surface area (Å²) in [6.45, 7) is 3.75. The Balaban J connectivity index is 3.12. The molecule has 4 amide bonds. The summed E-state index contributed by atoms with van der Waals surface area (Å²) in [5.41, 5.74) is 11.8. The fraction of sp³-hybridized carbons (Fsp3) is 0.542. The smallest absolute Gasteiger partial charge is 0.326 e. The number of thioether (sulfide) groups is 1. The van der Waals surface area contributed by atoms with Crippen LogP contribution in [-0.2, 0) is 30.4 Å². The molecule has 1 aromatic carbocycles. The summed E-state index contributed by atoms with van der Waals surface area (Å²) in [6.07, 6.45) is 2.29. The van der Waals surface area contributed by atoms with E-state index in [1.807, 2.05) is 20.1 Å². The van der Waals surface area contributed by atoms with E-state index in [0.717, 1.165) is 0 Å². The predicted octanol–water partition coefficient (Wildman–Crippen LogP) is -0.230. The van der Waals surface area contributed by atoms with Gasteiger partial charge in [-0.15, -0.1) is 0 Å². The largest absolute Gasteiger partial charge is 0.480 e. The summed E-state index contributed by atoms with van der Waals surface area (Å²) in [7, 11) is 0. The minimum Gasteiger partial charge on any atom is -0.480 e. The molecule has 0 fully saturated rings. The zero-order chi connectivity index (χ0) is 27.3. The number of carbonyl (C=O) groups is 5. The van der Waals surface area contributed by atoms with Crippen LogP contribution in [0.25, 0.3) is 0 Å². The van der Waals surface area contributed by atoms with Crippen molar-refractivity contribution in [2.45, 2.75) is 63.7 Å². The fourth-order valence-corrected chi connectivity index (χ4v) is 3.76. The number of nitrogens with one attached hydrogen (secondary N) is 3. The molecule has 1 rings (SSSR count). The highest BCUT2D eigenvalue weighted by Gasteiger charge is 2.31. The molecule has 1 aromatic rings. The van der Waals surface area contributed by atoms with E-state index in [2.05, 4.69) is 16.0 Å². The predicted molar refractivity (Wildman–Crippen MR) is 138 cm³/mol. The second-order valence-electron chi connectivity index (χ2n) is 8.57. The van der Waals surface area contributed by atoms with Crippen molar-refractivity contribution >= 4 is 41.4 Å². The molecule has 0 aliphatic carbocycles. The maximum Gasteiger partial charge on any atom is 0.326 e. The number of hydrogen-bond acceptors (Lipinski definition) is 7. The molecule has 0 saturated carbocycles. The molecule has 11 nitrogen and oxygen atoms in total. The van der Waals surface area contributed by atoms with Crippen LogP contribution in [0, 0.1) is 5.92 Å². The van der Waals surface area contributed by atoms with Gasteiger partial charge in [0.2, 0.25) is 23.6 Å². The molecule has 5 unspecified atom stereocenters. The lowest BCUT2D eigenvalue weighted by atomic mass is 9.99. The maximum atomic E-state index is 13.2. The van der Waals surface area contributed by atoms with Gasteiger partial charge in [0.15, 0.2) is 0 Å². The van der Waals surface area contributed by atoms with Gasteiger partial charge in [0.1, 0.15) is 18.1 Å². The molecule has 12 heteroatoms. The number of benzene rings is 1. The van der Waals surface area contributed by atoms with Gasteiger partial charge in [0.05, 0.1) is 12.5 Å². The summed E-state index contributed by atoms with van der Waals surface area (Å²) < 4.78 is 0. The van der Waals surface area contributed by atoms with Crippen molar-refractivity contribution in [3.05, 3.63) is 35.9 Å². The standard InChI is InChI=1S/C24H37N5O6S/c1-4-14(2)20(26)23(33)27-16(10-11-36-3)21(31)28-17(12-15-8-6-5-7-9-15)22(32)29-18(24(34)35)13-19(25)30/h5-9,14,16-18,20H,4,10-13,26H2,1-3H3,(H2,25,30)(H,27,33)(H,28,31)(H,29,32)(H,34,35). The Morgan fingerprint density at radius 1 is 0.944 bits per heavy atom. The van der Waals surface area contributed by atoms with E-state index in [1.165, 1.54) is 11.8 Å². The third kappa shape index (κ3) is 10.6. The van der Waals surface area contributed by atoms with Gasteiger partial charge in [-0.1, -0.05) is 50.6 Å². The molecule has 36 heavy (non-hydrogen) atoms. The van der Waals surface area contributed by atoms with Crippen molar-refractivity contribution in [1.29, 1.82) is 0 Å². The van der Waals surface area contributed by atoms with Crippen molar-refractivity contribution in [2.75, 3.05) is 12.0 Å². The maximum absolute atomic E-state index is 13.2. The first-order valence-corrected chi connectivity index (χ1v) is 13.1. The molecule has 0 saturated heterocycles. The molecule has 0 aliphatic heterocycles. The number of rotatable bonds is 16. The van der Waals surface area contributed by atoms with Gasteiger partial charge in [-0.2, -0.15) is 11.8 Å². The Morgan fingerprint density at radius 3 is 2.03 bits per heavy atom. The quantitative estimate of drug-likeness (QED) is 0.171. The molecule has 200 valence electrons. The average Bonchev–Trinajstić information content (AvgIpc) is 2.84. The van der Waals surface area contributed by atoms with Crippen molar-refractivity contribution in [1.82, 2.24) is 16.0 Å². The minimum absolute atomic E-state index is 0.0525. The van der Waals surface area contributed by atoms with E-state index >= 15 is 0 Å². The molecular formula is C24H37N5O6S. The number of hydrogen-bond donors (Lipinski definition) is 6. The van der Waals surface area contributed by atoms with Gasteiger partial charge in [0, 0.05) is 6.42 Å². The number of amides is 4. The lowest BCUT2D eigenvalue weighted by Crippen LogP contribution is -2.58. The van der Waals surface area contributed by atoms with Crippen LogP contribution in [0.1, 0.15) is 38.7 Å². The highest BCUT2D eigenvalue weighted by atomic mass is 32.2. The van der Waals surface area contributed by atoms with E-state index in [4.69, 9.17) is 11.5 Å². The number of carbonyl (C=O) groups excluding carboxylic acids is 4. The molecule has 0 aromatic heterocycles. The molecule has 0 radical (unpaired) electrons. The SMILES string of the molecule is CCC(C)C(N)C(=O)NC(CCSC)C(=O)NC(Cc1ccccc1)C(=O)NC(CC(N)=O)C(=O)O. The summed E-state index contributed by atoms with van der Waals surface area (Å²) in [4.78, 5) is 61.6. The molecule has 5 atom stereocenters. The van der Waals surface area contributed by atoms with Crippen LogP contribution < -0.4 is 27.4 Å². The molecular weight excluding hydrogens is 486 g/mol. The van der Waals surface area contributed by atoms with Crippen molar-refractivity contribution < 1.29 is 29.1 Å². The average molecular weight is 524 g/mol. The van der Waals surface area contributed by atoms with Gasteiger partial charge >= 0.3 is 5.97 Å². The first-order chi connectivity index (χ1) is 17.0. The third-order valence-electron chi connectivity index (χ3n) is 5.74. The second-order valence-corrected chi connectivity index (χ2v) is 9.56. The highest BCUT2D eigenvalue weighted by molar-refractivity contribution is 7.98. The first kappa shape index (κ1) is 30.9. The lowest BCUT2D eigenvalue weighted by molar-refractivity contribution is -0.143. The van der Waals surface area contributed by atoms with Gasteiger partial charge in [-0.25, -0.2) is 4.79 Å². The number of carboxylic acids is 1. The molecule has 8 N–H and O–H groups in total. The Morgan fingerprint density at radius 2 is 1.50 bits per heavy atom. The van der Waals surface area contributed by atoms with Crippen LogP contribution >= 0.6 is 11.8 Å². The van der Waals surface area contributed by atoms with Crippen LogP contribution in [0.4, 0.5) is 0 Å². The van der Waals surface area contributed by atoms with Crippen molar-refractivity contribution in [3.8, 4) is 0 Å². The Kier molecular flexibility index (Phi) is 13.6. The van der Waals surface area contributed by atoms with E-state index in [-0.39, 0.29) is 12.3 Å². The van der Waals surface area contributed by atoms with Crippen LogP contribution in [0.2, 0.25) is 0 Å². The highest BCUT2D eigenvalue weighted by Crippen LogP contribution is 2.09. The van der Waals surface area contributed by atoms with Crippen molar-refractivity contribution in [2.24, 2.45) is 17.4 Å². The van der Waals surface area contributed by atoms with E-state index < -0.39 is 60.2 Å². The first-order valence-electron chi connectivity index (χ1n) is 11.7. The molecule has 0 spiro atoms. The monoisotopic (exact) mass is 523 g/mol. The number of aliphatic carboxylic acids is 1. The summed E-state index contributed by atoms with van der Waals surface area (Å²) >= 11 is 1.49. The number of primary amides is 1. The van der Waals surface area contributed by atoms with Gasteiger partial charge in [0.25, 0.3) is 0 Å². The normalized spacial score (nSPS) is 15.0. The second kappa shape index (κ2) is 15.8. The summed E-state index contributed by atoms with van der Waals surface area (Å²) in [5, 5.41) is 16.9. The molecule has 0 heterocycles. The van der Waals surface area contributed by atoms with E-state index in [9.17, 15) is 29.1 Å². The lowest BCUT2D eigenvalue weighted by Gasteiger charge is -2.26. The van der Waals surface area contributed by atoms with Gasteiger partial charge in [-0.3, -0.25) is 19.2 Å². The zero-order valence-corrected chi connectivity index (χ0v) is 21.7. The molecule has 0 aliphatic rings. The van der Waals surface area contributed by atoms with E-state index in [1.54, 1.807) is 30.3 Å². The topological polar surface area (TPSA) is 194 Å². The summed E-state index contributed by atoms with van der Waals surface area (Å²) in [6, 6.07) is 4.34. The van der Waals surface area contributed by atoms with Crippen LogP contribution in [-0.4, -0.2) is 70.9 Å². The van der Waals surface area contributed by atoms with Gasteiger partial charge in [-0.05, 0) is 29.9 Å². The summed E-state index contributed by atoms with van der Waals surface area (Å²) in [5.74, 6) is -3.74. The number of nitrogens with two attached hydrogens (primary N) is 2.